The van der Waals surface area contributed by atoms with Crippen LogP contribution in [0.1, 0.15) is 17.4 Å². The second kappa shape index (κ2) is 11.9. The molecular weight excluding hydrogens is 584 g/mol. The number of aliphatic carboxylic acids is 2. The van der Waals surface area contributed by atoms with Gasteiger partial charge in [0.05, 0.1) is 12.9 Å². The minimum atomic E-state index is -2.75. The Labute approximate surface area is 248 Å². The van der Waals surface area contributed by atoms with Crippen molar-refractivity contribution in [3.05, 3.63) is 77.6 Å². The van der Waals surface area contributed by atoms with Crippen molar-refractivity contribution in [2.45, 2.75) is 42.6 Å². The summed E-state index contributed by atoms with van der Waals surface area (Å²) in [7, 11) is 0. The third kappa shape index (κ3) is 5.59. The number of pyridine rings is 1. The number of terminal acetylenes is 1. The molecule has 3 aromatic heterocycles. The van der Waals surface area contributed by atoms with Crippen molar-refractivity contribution in [3.8, 4) is 12.3 Å². The lowest BCUT2D eigenvalue weighted by molar-refractivity contribution is -0.191. The van der Waals surface area contributed by atoms with E-state index in [1.54, 1.807) is 54.9 Å². The number of imidazole rings is 1. The zero-order chi connectivity index (χ0) is 30.8. The van der Waals surface area contributed by atoms with E-state index in [4.69, 9.17) is 27.5 Å². The monoisotopic (exact) mass is 608 g/mol. The van der Waals surface area contributed by atoms with E-state index < -0.39 is 54.6 Å². The number of nitrogens with zero attached hydrogens (tertiary/aromatic N) is 5. The molecule has 0 saturated carbocycles. The maximum Gasteiger partial charge on any atom is 0.348 e. The van der Waals surface area contributed by atoms with Gasteiger partial charge in [-0.15, -0.1) is 6.42 Å². The number of aromatic nitrogens is 5. The Hall–Kier alpha value is -4.65. The molecule has 1 aliphatic rings. The fourth-order valence-electron chi connectivity index (χ4n) is 4.72. The number of rotatable bonds is 11. The quantitative estimate of drug-likeness (QED) is 0.0926. The van der Waals surface area contributed by atoms with E-state index in [-0.39, 0.29) is 22.3 Å². The Kier molecular flexibility index (Phi) is 8.27. The molecule has 5 rings (SSSR count). The molecule has 222 valence electrons. The number of nitrogens with one attached hydrogen (secondary N) is 1. The van der Waals surface area contributed by atoms with Crippen LogP contribution in [-0.4, -0.2) is 86.9 Å². The first-order chi connectivity index (χ1) is 20.6. The van der Waals surface area contributed by atoms with Crippen molar-refractivity contribution in [1.29, 1.82) is 0 Å². The van der Waals surface area contributed by atoms with Crippen LogP contribution < -0.4 is 5.32 Å². The summed E-state index contributed by atoms with van der Waals surface area (Å²) in [6, 6.07) is 11.6. The number of fused-ring (bicyclic) bond motifs is 1. The fourth-order valence-corrected chi connectivity index (χ4v) is 4.89. The third-order valence-corrected chi connectivity index (χ3v) is 7.26. The van der Waals surface area contributed by atoms with Gasteiger partial charge in [-0.3, -0.25) is 9.55 Å². The van der Waals surface area contributed by atoms with Crippen LogP contribution in [0.2, 0.25) is 5.28 Å². The molecule has 4 heterocycles. The molecule has 4 atom stereocenters. The molecule has 14 nitrogen and oxygen atoms in total. The van der Waals surface area contributed by atoms with Gasteiger partial charge < -0.3 is 35.2 Å². The van der Waals surface area contributed by atoms with E-state index in [0.29, 0.717) is 12.1 Å². The molecule has 0 spiro atoms. The predicted molar refractivity (Wildman–Crippen MR) is 150 cm³/mol. The summed E-state index contributed by atoms with van der Waals surface area (Å²) >= 11 is 6.19. The Morgan fingerprint density at radius 2 is 1.84 bits per heavy atom. The predicted octanol–water partition coefficient (Wildman–Crippen LogP) is 1.28. The number of hydrogen-bond donors (Lipinski definition) is 5. The van der Waals surface area contributed by atoms with E-state index in [2.05, 4.69) is 31.2 Å². The van der Waals surface area contributed by atoms with E-state index in [1.807, 2.05) is 0 Å². The molecule has 0 unspecified atom stereocenters. The van der Waals surface area contributed by atoms with E-state index in [0.717, 1.165) is 5.56 Å². The molecule has 43 heavy (non-hydrogen) atoms. The molecule has 5 N–H and O–H groups in total. The summed E-state index contributed by atoms with van der Waals surface area (Å²) in [5, 5.41) is 45.2. The highest BCUT2D eigenvalue weighted by atomic mass is 35.5. The smallest absolute Gasteiger partial charge is 0.348 e. The number of aliphatic hydroxyl groups is 2. The molecule has 1 fully saturated rings. The number of halogens is 1. The molecular formula is C28H25ClN6O8. The summed E-state index contributed by atoms with van der Waals surface area (Å²) in [5.74, 6) is -1.19. The number of carboxylic acid groups (broad SMARTS) is 2. The summed E-state index contributed by atoms with van der Waals surface area (Å²) in [5.41, 5.74) is -3.51. The first-order valence-electron chi connectivity index (χ1n) is 12.8. The average Bonchev–Trinajstić information content (AvgIpc) is 3.53. The maximum atomic E-state index is 12.2. The van der Waals surface area contributed by atoms with Gasteiger partial charge in [0, 0.05) is 25.4 Å². The summed E-state index contributed by atoms with van der Waals surface area (Å²) < 4.78 is 12.6. The summed E-state index contributed by atoms with van der Waals surface area (Å²) in [6.07, 6.45) is 4.83. The van der Waals surface area contributed by atoms with Gasteiger partial charge in [0.25, 0.3) is 5.60 Å². The van der Waals surface area contributed by atoms with Crippen LogP contribution in [0.3, 0.4) is 0 Å². The van der Waals surface area contributed by atoms with Crippen LogP contribution in [0.5, 0.6) is 0 Å². The third-order valence-electron chi connectivity index (χ3n) is 7.09. The highest BCUT2D eigenvalue weighted by molar-refractivity contribution is 6.28. The fraction of sp³-hybridized carbons (Fsp3) is 0.286. The first kappa shape index (κ1) is 29.8. The molecule has 1 aromatic carbocycles. The largest absolute Gasteiger partial charge is 0.479 e. The van der Waals surface area contributed by atoms with Crippen LogP contribution in [-0.2, 0) is 32.0 Å². The number of aliphatic hydroxyl groups excluding tert-OH is 1. The normalized spacial score (nSPS) is 21.9. The van der Waals surface area contributed by atoms with Crippen LogP contribution in [0, 0.1) is 12.3 Å². The molecule has 0 aliphatic carbocycles. The second-order valence-corrected chi connectivity index (χ2v) is 10.1. The summed E-state index contributed by atoms with van der Waals surface area (Å²) in [6.45, 7) is -0.449. The zero-order valence-corrected chi connectivity index (χ0v) is 23.0. The lowest BCUT2D eigenvalue weighted by Gasteiger charge is -2.30. The topological polar surface area (TPSA) is 202 Å². The van der Waals surface area contributed by atoms with Gasteiger partial charge in [-0.1, -0.05) is 36.3 Å². The number of benzene rings is 1. The average molecular weight is 609 g/mol. The second-order valence-electron chi connectivity index (χ2n) is 9.71. The van der Waals surface area contributed by atoms with Crippen LogP contribution in [0.4, 0.5) is 5.82 Å². The molecule has 1 saturated heterocycles. The van der Waals surface area contributed by atoms with Gasteiger partial charge >= 0.3 is 11.9 Å². The van der Waals surface area contributed by atoms with Crippen molar-refractivity contribution in [3.63, 3.8) is 0 Å². The van der Waals surface area contributed by atoms with Crippen LogP contribution in [0.25, 0.3) is 11.2 Å². The Balaban J connectivity index is 1.42. The van der Waals surface area contributed by atoms with Crippen molar-refractivity contribution < 1.29 is 39.5 Å². The Morgan fingerprint density at radius 1 is 1.14 bits per heavy atom. The number of carboxylic acids is 2. The van der Waals surface area contributed by atoms with Gasteiger partial charge in [-0.2, -0.15) is 9.97 Å². The highest BCUT2D eigenvalue weighted by Gasteiger charge is 2.58. The number of hydrogen-bond acceptors (Lipinski definition) is 11. The number of ether oxygens (including phenoxy) is 2. The van der Waals surface area contributed by atoms with Crippen LogP contribution >= 0.6 is 11.6 Å². The standard InChI is InChI=1S/C28H25ClN6O8/c1-2-27(41)18(14-42-28(24(37)38,25(39)40)12-16-6-4-3-5-7-16)43-23(20(27)36)35-15-32-19-21(33-26(29)34-22(19)35)31-13-17-8-10-30-11-9-17/h1,3-11,15,18,20,23,36,41H,12-14H2,(H,37,38)(H,39,40)(H,31,33,34)/t18-,20+,23-,27-/m1/s1. The van der Waals surface area contributed by atoms with Gasteiger partial charge in [0.15, 0.2) is 28.8 Å². The van der Waals surface area contributed by atoms with Gasteiger partial charge in [0.1, 0.15) is 12.2 Å². The maximum absolute atomic E-state index is 12.2. The van der Waals surface area contributed by atoms with Crippen molar-refractivity contribution in [2.24, 2.45) is 0 Å². The summed E-state index contributed by atoms with van der Waals surface area (Å²) in [4.78, 5) is 41.1. The van der Waals surface area contributed by atoms with Crippen molar-refractivity contribution in [1.82, 2.24) is 24.5 Å². The van der Waals surface area contributed by atoms with E-state index in [9.17, 15) is 30.0 Å². The van der Waals surface area contributed by atoms with Crippen molar-refractivity contribution in [2.75, 3.05) is 11.9 Å². The molecule has 0 bridgehead atoms. The van der Waals surface area contributed by atoms with Gasteiger partial charge in [0.2, 0.25) is 5.28 Å². The molecule has 15 heteroatoms. The Morgan fingerprint density at radius 3 is 2.49 bits per heavy atom. The molecule has 1 aliphatic heterocycles. The van der Waals surface area contributed by atoms with Crippen molar-refractivity contribution >= 4 is 40.5 Å². The molecule has 0 amide bonds. The number of carbonyl (C=O) groups is 2. The molecule has 0 radical (unpaired) electrons. The van der Waals surface area contributed by atoms with E-state index in [1.165, 1.54) is 10.9 Å². The molecule has 4 aromatic rings. The Bertz CT molecular complexity index is 1670. The lowest BCUT2D eigenvalue weighted by atomic mass is 9.92. The van der Waals surface area contributed by atoms with Gasteiger partial charge in [-0.25, -0.2) is 14.6 Å². The van der Waals surface area contributed by atoms with Gasteiger partial charge in [-0.05, 0) is 34.9 Å². The SMILES string of the molecule is C#C[C@@]1(O)[C@@H](COC(Cc2ccccc2)(C(=O)O)C(=O)O)O[C@@H](n2cnc3c(NCc4ccncc4)nc(Cl)nc32)[C@@H]1O. The minimum Gasteiger partial charge on any atom is -0.479 e. The first-order valence-corrected chi connectivity index (χ1v) is 13.2. The zero-order valence-electron chi connectivity index (χ0n) is 22.2. The lowest BCUT2D eigenvalue weighted by Crippen LogP contribution is -2.55. The highest BCUT2D eigenvalue weighted by Crippen LogP contribution is 2.39. The van der Waals surface area contributed by atoms with Crippen LogP contribution in [0.15, 0.2) is 61.2 Å². The number of anilines is 1. The minimum absolute atomic E-state index is 0.122. The van der Waals surface area contributed by atoms with E-state index >= 15 is 0 Å².